The van der Waals surface area contributed by atoms with Gasteiger partial charge in [0.15, 0.2) is 0 Å². The molecule has 4 heterocycles. The molecule has 1 fully saturated rings. The van der Waals surface area contributed by atoms with E-state index in [0.29, 0.717) is 5.92 Å². The maximum absolute atomic E-state index is 13.2. The van der Waals surface area contributed by atoms with E-state index in [4.69, 9.17) is 4.84 Å². The first-order chi connectivity index (χ1) is 14.6. The van der Waals surface area contributed by atoms with Gasteiger partial charge in [-0.1, -0.05) is 14.4 Å². The average molecular weight is 442 g/mol. The molecule has 0 atom stereocenters. The van der Waals surface area contributed by atoms with Crippen molar-refractivity contribution in [3.63, 3.8) is 0 Å². The van der Waals surface area contributed by atoms with Crippen LogP contribution in [0.2, 0.25) is 0 Å². The molecule has 1 aromatic carbocycles. The number of piperidine rings is 1. The van der Waals surface area contributed by atoms with Crippen LogP contribution in [-0.2, 0) is 17.8 Å². The molecule has 7 nitrogen and oxygen atoms in total. The van der Waals surface area contributed by atoms with Gasteiger partial charge in [-0.15, -0.1) is 0 Å². The van der Waals surface area contributed by atoms with Crippen molar-refractivity contribution >= 4 is 28.9 Å². The summed E-state index contributed by atoms with van der Waals surface area (Å²) in [5.41, 5.74) is 4.43. The molecule has 2 aromatic heterocycles. The van der Waals surface area contributed by atoms with Crippen LogP contribution < -0.4 is 0 Å². The summed E-state index contributed by atoms with van der Waals surface area (Å²) in [6.07, 6.45) is 8.61. The van der Waals surface area contributed by atoms with Crippen molar-refractivity contribution in [3.05, 3.63) is 53.7 Å². The van der Waals surface area contributed by atoms with Crippen LogP contribution in [0.15, 0.2) is 36.9 Å². The fraction of sp³-hybridized carbons (Fsp3) is 0.478. The summed E-state index contributed by atoms with van der Waals surface area (Å²) < 4.78 is 4.27. The number of carbonyl (C=O) groups is 1. The smallest absolute Gasteiger partial charge is 0.253 e. The highest BCUT2D eigenvalue weighted by atomic mass is 32.2. The van der Waals surface area contributed by atoms with Gasteiger partial charge in [0, 0.05) is 55.1 Å². The number of fused-ring (bicyclic) bond motifs is 3. The Kier molecular flexibility index (Phi) is 6.41. The van der Waals surface area contributed by atoms with E-state index in [1.165, 1.54) is 11.3 Å². The number of rotatable bonds is 4. The first-order valence-electron chi connectivity index (χ1n) is 10.6. The Labute approximate surface area is 188 Å². The van der Waals surface area contributed by atoms with Crippen molar-refractivity contribution in [2.45, 2.75) is 40.2 Å². The highest BCUT2D eigenvalue weighted by Gasteiger charge is 2.27. The summed E-state index contributed by atoms with van der Waals surface area (Å²) in [7, 11) is 1.72. The third-order valence-corrected chi connectivity index (χ3v) is 7.28. The van der Waals surface area contributed by atoms with Crippen LogP contribution in [0.5, 0.6) is 0 Å². The summed E-state index contributed by atoms with van der Waals surface area (Å²) in [4.78, 5) is 24.9. The summed E-state index contributed by atoms with van der Waals surface area (Å²) in [6.45, 7) is 5.54. The zero-order valence-corrected chi connectivity index (χ0v) is 18.3. The molecule has 166 valence electrons. The molecular formula is C23H31N5O2S. The summed E-state index contributed by atoms with van der Waals surface area (Å²) in [5, 5.41) is 3.12. The second-order valence-corrected chi connectivity index (χ2v) is 9.18. The highest BCUT2D eigenvalue weighted by Crippen LogP contribution is 2.35. The van der Waals surface area contributed by atoms with E-state index in [1.807, 2.05) is 32.5 Å². The van der Waals surface area contributed by atoms with Crippen LogP contribution in [-0.4, -0.2) is 55.5 Å². The normalized spacial score (nSPS) is 17.5. The van der Waals surface area contributed by atoms with Gasteiger partial charge in [-0.3, -0.25) is 12.7 Å². The van der Waals surface area contributed by atoms with Gasteiger partial charge in [-0.25, -0.2) is 4.98 Å². The highest BCUT2D eigenvalue weighted by molar-refractivity contribution is 7.96. The molecule has 0 N–H and O–H groups in total. The molecule has 0 spiro atoms. The standard InChI is InChI=1S/C22H27N5O2S.CH4/c1-16-5-9-24(10-6-16)22(28)17-3-4-20-18(13-17)19-14-25(29-2)11-7-21(19)27(20)30-26-12-8-23-15-26;/h3-4,8,12-13,15-16H,5-7,9-11,14H2,1-2H3;1H4. The number of aromatic nitrogens is 3. The second-order valence-electron chi connectivity index (χ2n) is 8.23. The average Bonchev–Trinajstić information content (AvgIpc) is 3.40. The molecule has 0 bridgehead atoms. The summed E-state index contributed by atoms with van der Waals surface area (Å²) in [5.74, 6) is 0.852. The maximum atomic E-state index is 13.2. The van der Waals surface area contributed by atoms with E-state index in [0.717, 1.165) is 61.9 Å². The zero-order chi connectivity index (χ0) is 20.7. The van der Waals surface area contributed by atoms with E-state index in [9.17, 15) is 4.79 Å². The number of benzene rings is 1. The number of imidazole rings is 1. The number of likely N-dealkylation sites (tertiary alicyclic amines) is 1. The van der Waals surface area contributed by atoms with Crippen molar-refractivity contribution in [2.75, 3.05) is 26.7 Å². The molecule has 1 saturated heterocycles. The van der Waals surface area contributed by atoms with Crippen LogP contribution in [0.3, 0.4) is 0 Å². The summed E-state index contributed by atoms with van der Waals surface area (Å²) >= 11 is 1.61. The Balaban J connectivity index is 0.00000231. The molecule has 0 unspecified atom stereocenters. The van der Waals surface area contributed by atoms with Gasteiger partial charge in [0.25, 0.3) is 5.91 Å². The number of hydroxylamine groups is 2. The Bertz CT molecular complexity index is 1050. The van der Waals surface area contributed by atoms with Crippen LogP contribution in [0, 0.1) is 5.92 Å². The topological polar surface area (TPSA) is 55.5 Å². The number of hydrogen-bond acceptors (Lipinski definition) is 5. The molecule has 0 radical (unpaired) electrons. The Morgan fingerprint density at radius 3 is 2.74 bits per heavy atom. The zero-order valence-electron chi connectivity index (χ0n) is 17.5. The SMILES string of the molecule is C.CON1CCc2c(c3cc(C(=O)N4CCC(C)CC4)ccc3n2Sn2ccnc2)C1. The third-order valence-electron chi connectivity index (χ3n) is 6.30. The van der Waals surface area contributed by atoms with Gasteiger partial charge >= 0.3 is 0 Å². The van der Waals surface area contributed by atoms with Crippen molar-refractivity contribution in [2.24, 2.45) is 5.92 Å². The van der Waals surface area contributed by atoms with Gasteiger partial charge in [-0.05, 0) is 42.5 Å². The molecule has 5 rings (SSSR count). The molecule has 0 saturated carbocycles. The van der Waals surface area contributed by atoms with E-state index < -0.39 is 0 Å². The lowest BCUT2D eigenvalue weighted by Crippen LogP contribution is -2.37. The first kappa shape index (κ1) is 21.9. The van der Waals surface area contributed by atoms with Crippen LogP contribution in [0.1, 0.15) is 48.8 Å². The summed E-state index contributed by atoms with van der Waals surface area (Å²) in [6, 6.07) is 6.15. The fourth-order valence-electron chi connectivity index (χ4n) is 4.46. The lowest BCUT2D eigenvalue weighted by molar-refractivity contribution is -0.141. The lowest BCUT2D eigenvalue weighted by atomic mass is 9.98. The molecule has 2 aliphatic heterocycles. The number of carbonyl (C=O) groups excluding carboxylic acids is 1. The van der Waals surface area contributed by atoms with E-state index in [2.05, 4.69) is 28.0 Å². The van der Waals surface area contributed by atoms with E-state index in [-0.39, 0.29) is 13.3 Å². The number of amides is 1. The van der Waals surface area contributed by atoms with Crippen LogP contribution in [0.25, 0.3) is 10.9 Å². The quantitative estimate of drug-likeness (QED) is 0.607. The third kappa shape index (κ3) is 4.12. The molecule has 8 heteroatoms. The maximum Gasteiger partial charge on any atom is 0.253 e. The predicted molar refractivity (Wildman–Crippen MR) is 125 cm³/mol. The van der Waals surface area contributed by atoms with Crippen molar-refractivity contribution in [1.82, 2.24) is 22.9 Å². The van der Waals surface area contributed by atoms with Crippen molar-refractivity contribution in [3.8, 4) is 0 Å². The van der Waals surface area contributed by atoms with Crippen molar-refractivity contribution < 1.29 is 9.63 Å². The lowest BCUT2D eigenvalue weighted by Gasteiger charge is -2.30. The Morgan fingerprint density at radius 2 is 2.03 bits per heavy atom. The van der Waals surface area contributed by atoms with Crippen LogP contribution in [0.4, 0.5) is 0 Å². The van der Waals surface area contributed by atoms with E-state index >= 15 is 0 Å². The van der Waals surface area contributed by atoms with Gasteiger partial charge < -0.3 is 9.74 Å². The molecule has 31 heavy (non-hydrogen) atoms. The largest absolute Gasteiger partial charge is 0.339 e. The molecule has 0 aliphatic carbocycles. The van der Waals surface area contributed by atoms with Gasteiger partial charge in [0.1, 0.15) is 6.33 Å². The minimum absolute atomic E-state index is 0. The van der Waals surface area contributed by atoms with Gasteiger partial charge in [0.2, 0.25) is 0 Å². The molecule has 2 aliphatic rings. The monoisotopic (exact) mass is 441 g/mol. The van der Waals surface area contributed by atoms with Crippen molar-refractivity contribution in [1.29, 1.82) is 0 Å². The fourth-order valence-corrected chi connectivity index (χ4v) is 5.40. The number of nitrogens with zero attached hydrogens (tertiary/aromatic N) is 5. The Hall–Kier alpha value is -2.29. The van der Waals surface area contributed by atoms with Gasteiger partial charge in [-0.2, -0.15) is 5.06 Å². The van der Waals surface area contributed by atoms with Crippen LogP contribution >= 0.6 is 12.1 Å². The minimum atomic E-state index is 0. The second kappa shape index (κ2) is 9.06. The van der Waals surface area contributed by atoms with E-state index in [1.54, 1.807) is 25.4 Å². The first-order valence-corrected chi connectivity index (χ1v) is 11.3. The number of hydrogen-bond donors (Lipinski definition) is 0. The molecular weight excluding hydrogens is 410 g/mol. The molecule has 3 aromatic rings. The van der Waals surface area contributed by atoms with Gasteiger partial charge in [0.05, 0.1) is 31.3 Å². The predicted octanol–water partition coefficient (Wildman–Crippen LogP) is 4.23. The molecule has 1 amide bonds. The minimum Gasteiger partial charge on any atom is -0.339 e. The Morgan fingerprint density at radius 1 is 1.23 bits per heavy atom.